The summed E-state index contributed by atoms with van der Waals surface area (Å²) in [5.41, 5.74) is 1.83. The highest BCUT2D eigenvalue weighted by Gasteiger charge is 2.14. The molecule has 0 N–H and O–H groups in total. The number of carbonyl (C=O) groups is 1. The Kier molecular flexibility index (Phi) is 3.50. The van der Waals surface area contributed by atoms with Gasteiger partial charge in [-0.1, -0.05) is 29.8 Å². The highest BCUT2D eigenvalue weighted by atomic mass is 16.1. The van der Waals surface area contributed by atoms with Gasteiger partial charge in [0.25, 0.3) is 0 Å². The van der Waals surface area contributed by atoms with Crippen LogP contribution in [-0.2, 0) is 6.42 Å². The van der Waals surface area contributed by atoms with Crippen LogP contribution in [0.4, 0.5) is 0 Å². The van der Waals surface area contributed by atoms with E-state index in [1.54, 1.807) is 4.68 Å². The van der Waals surface area contributed by atoms with Crippen LogP contribution in [-0.4, -0.2) is 26.0 Å². The van der Waals surface area contributed by atoms with Gasteiger partial charge in [0.05, 0.1) is 12.5 Å². The monoisotopic (exact) mass is 244 g/mol. The van der Waals surface area contributed by atoms with Crippen molar-refractivity contribution in [2.24, 2.45) is 0 Å². The summed E-state index contributed by atoms with van der Waals surface area (Å²) in [6.45, 7) is 5.96. The van der Waals surface area contributed by atoms with Crippen LogP contribution in [0.15, 0.2) is 24.3 Å². The summed E-state index contributed by atoms with van der Waals surface area (Å²) in [5.74, 6) is 0.641. The topological polar surface area (TPSA) is 60.7 Å². The SMILES string of the molecule is Cc1ccc(C(=O)Cc2nnnn2C(C)C)cc1. The minimum atomic E-state index is 0.0340. The fraction of sp³-hybridized carbons (Fsp3) is 0.385. The summed E-state index contributed by atoms with van der Waals surface area (Å²) in [6, 6.07) is 7.68. The van der Waals surface area contributed by atoms with E-state index < -0.39 is 0 Å². The predicted molar refractivity (Wildman–Crippen MR) is 67.4 cm³/mol. The van der Waals surface area contributed by atoms with E-state index in [1.807, 2.05) is 45.0 Å². The maximum Gasteiger partial charge on any atom is 0.170 e. The molecule has 0 radical (unpaired) electrons. The van der Waals surface area contributed by atoms with E-state index in [-0.39, 0.29) is 18.2 Å². The first-order valence-corrected chi connectivity index (χ1v) is 5.94. The summed E-state index contributed by atoms with van der Waals surface area (Å²) >= 11 is 0. The average Bonchev–Trinajstić information content (AvgIpc) is 2.78. The molecule has 0 unspecified atom stereocenters. The zero-order valence-electron chi connectivity index (χ0n) is 10.8. The molecule has 0 bridgehead atoms. The first-order chi connectivity index (χ1) is 8.58. The van der Waals surface area contributed by atoms with E-state index in [0.29, 0.717) is 11.4 Å². The lowest BCUT2D eigenvalue weighted by molar-refractivity contribution is 0.0989. The fourth-order valence-corrected chi connectivity index (χ4v) is 1.71. The molecule has 5 heteroatoms. The zero-order valence-corrected chi connectivity index (χ0v) is 10.8. The summed E-state index contributed by atoms with van der Waals surface area (Å²) in [5, 5.41) is 11.4. The number of aromatic nitrogens is 4. The number of hydrogen-bond donors (Lipinski definition) is 0. The molecule has 0 fully saturated rings. The van der Waals surface area contributed by atoms with Gasteiger partial charge >= 0.3 is 0 Å². The molecule has 0 aliphatic rings. The second-order valence-electron chi connectivity index (χ2n) is 4.60. The number of nitrogens with zero attached hydrogens (tertiary/aromatic N) is 4. The molecular weight excluding hydrogens is 228 g/mol. The Morgan fingerprint density at radius 1 is 1.28 bits per heavy atom. The minimum absolute atomic E-state index is 0.0340. The number of rotatable bonds is 4. The van der Waals surface area contributed by atoms with Crippen molar-refractivity contribution in [2.75, 3.05) is 0 Å². The van der Waals surface area contributed by atoms with Crippen LogP contribution >= 0.6 is 0 Å². The van der Waals surface area contributed by atoms with E-state index in [1.165, 1.54) is 0 Å². The summed E-state index contributed by atoms with van der Waals surface area (Å²) in [7, 11) is 0. The van der Waals surface area contributed by atoms with Gasteiger partial charge < -0.3 is 0 Å². The van der Waals surface area contributed by atoms with Gasteiger partial charge in [-0.25, -0.2) is 4.68 Å². The molecule has 0 saturated carbocycles. The molecule has 94 valence electrons. The highest BCUT2D eigenvalue weighted by molar-refractivity contribution is 5.97. The molecule has 2 rings (SSSR count). The quantitative estimate of drug-likeness (QED) is 0.772. The molecule has 1 aromatic carbocycles. The van der Waals surface area contributed by atoms with Gasteiger partial charge in [-0.3, -0.25) is 4.79 Å². The maximum absolute atomic E-state index is 12.1. The number of carbonyl (C=O) groups excluding carboxylic acids is 1. The molecular formula is C13H16N4O. The van der Waals surface area contributed by atoms with Crippen LogP contribution in [0, 0.1) is 6.92 Å². The maximum atomic E-state index is 12.1. The van der Waals surface area contributed by atoms with Crippen molar-refractivity contribution in [3.63, 3.8) is 0 Å². The van der Waals surface area contributed by atoms with Crippen molar-refractivity contribution in [3.05, 3.63) is 41.2 Å². The van der Waals surface area contributed by atoms with Crippen LogP contribution in [0.25, 0.3) is 0 Å². The lowest BCUT2D eigenvalue weighted by Gasteiger charge is -2.07. The number of benzene rings is 1. The molecule has 0 saturated heterocycles. The van der Waals surface area contributed by atoms with Crippen LogP contribution < -0.4 is 0 Å². The van der Waals surface area contributed by atoms with E-state index >= 15 is 0 Å². The molecule has 2 aromatic rings. The molecule has 0 amide bonds. The molecule has 0 spiro atoms. The van der Waals surface area contributed by atoms with Crippen LogP contribution in [0.3, 0.4) is 0 Å². The first-order valence-electron chi connectivity index (χ1n) is 5.94. The average molecular weight is 244 g/mol. The number of ketones is 1. The van der Waals surface area contributed by atoms with Gasteiger partial charge in [0.15, 0.2) is 11.6 Å². The zero-order chi connectivity index (χ0) is 13.1. The number of tetrazole rings is 1. The van der Waals surface area contributed by atoms with E-state index in [4.69, 9.17) is 0 Å². The third-order valence-corrected chi connectivity index (χ3v) is 2.74. The second-order valence-corrected chi connectivity index (χ2v) is 4.60. The summed E-state index contributed by atoms with van der Waals surface area (Å²) in [4.78, 5) is 12.1. The highest BCUT2D eigenvalue weighted by Crippen LogP contribution is 2.09. The van der Waals surface area contributed by atoms with Gasteiger partial charge in [-0.15, -0.1) is 5.10 Å². The van der Waals surface area contributed by atoms with Crippen molar-refractivity contribution in [2.45, 2.75) is 33.2 Å². The normalized spacial score (nSPS) is 10.9. The fourth-order valence-electron chi connectivity index (χ4n) is 1.71. The van der Waals surface area contributed by atoms with Gasteiger partial charge in [0.1, 0.15) is 0 Å². The lowest BCUT2D eigenvalue weighted by Crippen LogP contribution is -2.13. The van der Waals surface area contributed by atoms with Crippen molar-refractivity contribution < 1.29 is 4.79 Å². The third-order valence-electron chi connectivity index (χ3n) is 2.74. The standard InChI is InChI=1S/C13H16N4O/c1-9(2)17-13(14-15-16-17)8-12(18)11-6-4-10(3)5-7-11/h4-7,9H,8H2,1-3H3. The molecule has 1 heterocycles. The van der Waals surface area contributed by atoms with Crippen molar-refractivity contribution in [1.82, 2.24) is 20.2 Å². The van der Waals surface area contributed by atoms with Crippen LogP contribution in [0.5, 0.6) is 0 Å². The first kappa shape index (κ1) is 12.4. The molecule has 18 heavy (non-hydrogen) atoms. The Morgan fingerprint density at radius 2 is 1.94 bits per heavy atom. The molecule has 0 atom stereocenters. The minimum Gasteiger partial charge on any atom is -0.294 e. The largest absolute Gasteiger partial charge is 0.294 e. The van der Waals surface area contributed by atoms with Crippen molar-refractivity contribution >= 4 is 5.78 Å². The molecule has 5 nitrogen and oxygen atoms in total. The van der Waals surface area contributed by atoms with Gasteiger partial charge in [0.2, 0.25) is 0 Å². The molecule has 0 aliphatic carbocycles. The Balaban J connectivity index is 2.16. The van der Waals surface area contributed by atoms with Crippen molar-refractivity contribution in [3.8, 4) is 0 Å². The van der Waals surface area contributed by atoms with E-state index in [2.05, 4.69) is 15.5 Å². The van der Waals surface area contributed by atoms with Crippen LogP contribution in [0.1, 0.15) is 41.6 Å². The van der Waals surface area contributed by atoms with Crippen molar-refractivity contribution in [1.29, 1.82) is 0 Å². The molecule has 0 aliphatic heterocycles. The summed E-state index contributed by atoms with van der Waals surface area (Å²) in [6.07, 6.45) is 0.230. The Hall–Kier alpha value is -2.04. The van der Waals surface area contributed by atoms with E-state index in [0.717, 1.165) is 5.56 Å². The lowest BCUT2D eigenvalue weighted by atomic mass is 10.1. The number of aryl methyl sites for hydroxylation is 1. The van der Waals surface area contributed by atoms with Gasteiger partial charge in [-0.05, 0) is 31.2 Å². The second kappa shape index (κ2) is 5.08. The smallest absolute Gasteiger partial charge is 0.170 e. The number of hydrogen-bond acceptors (Lipinski definition) is 4. The Morgan fingerprint density at radius 3 is 2.56 bits per heavy atom. The van der Waals surface area contributed by atoms with Gasteiger partial charge in [-0.2, -0.15) is 0 Å². The van der Waals surface area contributed by atoms with E-state index in [9.17, 15) is 4.79 Å². The van der Waals surface area contributed by atoms with Gasteiger partial charge in [0, 0.05) is 5.56 Å². The summed E-state index contributed by atoms with van der Waals surface area (Å²) < 4.78 is 1.67. The van der Waals surface area contributed by atoms with Crippen LogP contribution in [0.2, 0.25) is 0 Å². The Bertz CT molecular complexity index is 542. The Labute approximate surface area is 106 Å². The molecule has 1 aromatic heterocycles. The third kappa shape index (κ3) is 2.61. The predicted octanol–water partition coefficient (Wildman–Crippen LogP) is 1.99. The number of Topliss-reactive ketones (excluding diaryl/α,β-unsaturated/α-hetero) is 1.